The minimum atomic E-state index is -3.92. The van der Waals surface area contributed by atoms with E-state index in [1.165, 1.54) is 18.3 Å². The number of anilines is 1. The Morgan fingerprint density at radius 2 is 1.82 bits per heavy atom. The van der Waals surface area contributed by atoms with Gasteiger partial charge in [-0.2, -0.15) is 4.72 Å². The first kappa shape index (κ1) is 21.8. The van der Waals surface area contributed by atoms with E-state index in [1.807, 2.05) is 0 Å². The number of esters is 1. The van der Waals surface area contributed by atoms with Gasteiger partial charge in [-0.3, -0.25) is 9.59 Å². The van der Waals surface area contributed by atoms with E-state index >= 15 is 0 Å². The molecule has 0 saturated heterocycles. The van der Waals surface area contributed by atoms with Crippen molar-refractivity contribution in [3.63, 3.8) is 0 Å². The smallest absolute Gasteiger partial charge is 0.324 e. The molecule has 2 N–H and O–H groups in total. The van der Waals surface area contributed by atoms with Gasteiger partial charge in [0.1, 0.15) is 6.04 Å². The van der Waals surface area contributed by atoms with Crippen molar-refractivity contribution in [2.45, 2.75) is 24.8 Å². The molecular weight excluding hydrogens is 406 g/mol. The van der Waals surface area contributed by atoms with Gasteiger partial charge in [0.25, 0.3) is 5.91 Å². The van der Waals surface area contributed by atoms with E-state index in [0.717, 1.165) is 0 Å². The second kappa shape index (κ2) is 9.63. The summed E-state index contributed by atoms with van der Waals surface area (Å²) >= 11 is 5.84. The maximum atomic E-state index is 12.4. The van der Waals surface area contributed by atoms with E-state index in [1.54, 1.807) is 44.2 Å². The largest absolute Gasteiger partial charge is 0.454 e. The van der Waals surface area contributed by atoms with Crippen LogP contribution < -0.4 is 10.0 Å². The molecule has 1 heterocycles. The summed E-state index contributed by atoms with van der Waals surface area (Å²) in [5.41, 5.74) is 0.274. The van der Waals surface area contributed by atoms with Gasteiger partial charge in [0.15, 0.2) is 11.8 Å². The van der Waals surface area contributed by atoms with Crippen molar-refractivity contribution in [2.24, 2.45) is 5.92 Å². The number of amides is 1. The monoisotopic (exact) mass is 425 g/mol. The zero-order chi connectivity index (χ0) is 20.7. The topological polar surface area (TPSA) is 114 Å². The summed E-state index contributed by atoms with van der Waals surface area (Å²) < 4.78 is 32.2. The quantitative estimate of drug-likeness (QED) is 0.495. The van der Waals surface area contributed by atoms with Crippen molar-refractivity contribution >= 4 is 39.2 Å². The molecule has 0 aliphatic rings. The molecule has 28 heavy (non-hydrogen) atoms. The Bertz CT molecular complexity index is 935. The van der Waals surface area contributed by atoms with Crippen LogP contribution in [0.3, 0.4) is 0 Å². The summed E-state index contributed by atoms with van der Waals surface area (Å²) in [7, 11) is -3.92. The average Bonchev–Trinajstić information content (AvgIpc) is 2.66. The molecule has 8 nitrogen and oxygen atoms in total. The van der Waals surface area contributed by atoms with Crippen molar-refractivity contribution in [1.82, 2.24) is 9.71 Å². The molecule has 10 heteroatoms. The third kappa shape index (κ3) is 6.01. The van der Waals surface area contributed by atoms with Gasteiger partial charge in [0.2, 0.25) is 10.0 Å². The first-order valence-corrected chi connectivity index (χ1v) is 10.2. The van der Waals surface area contributed by atoms with Gasteiger partial charge in [-0.25, -0.2) is 13.4 Å². The molecule has 0 fully saturated rings. The van der Waals surface area contributed by atoms with Gasteiger partial charge in [0, 0.05) is 6.20 Å². The van der Waals surface area contributed by atoms with Crippen LogP contribution in [0, 0.1) is 5.92 Å². The lowest BCUT2D eigenvalue weighted by Crippen LogP contribution is -2.45. The van der Waals surface area contributed by atoms with Crippen LogP contribution >= 0.6 is 11.6 Å². The number of hydrogen-bond donors (Lipinski definition) is 2. The number of rotatable bonds is 8. The Kier molecular flexibility index (Phi) is 7.50. The second-order valence-electron chi connectivity index (χ2n) is 6.15. The maximum Gasteiger partial charge on any atom is 0.324 e. The fraction of sp³-hybridized carbons (Fsp3) is 0.278. The van der Waals surface area contributed by atoms with E-state index in [-0.39, 0.29) is 15.7 Å². The van der Waals surface area contributed by atoms with Gasteiger partial charge < -0.3 is 10.1 Å². The molecule has 2 rings (SSSR count). The number of aromatic nitrogens is 1. The maximum absolute atomic E-state index is 12.4. The van der Waals surface area contributed by atoms with Crippen molar-refractivity contribution in [3.8, 4) is 0 Å². The van der Waals surface area contributed by atoms with Crippen LogP contribution in [0.5, 0.6) is 0 Å². The number of sulfonamides is 1. The Morgan fingerprint density at radius 3 is 2.43 bits per heavy atom. The molecule has 0 aliphatic heterocycles. The van der Waals surface area contributed by atoms with E-state index in [0.29, 0.717) is 0 Å². The number of hydrogen-bond acceptors (Lipinski definition) is 6. The molecule has 2 aromatic rings. The number of pyridine rings is 1. The van der Waals surface area contributed by atoms with Crippen LogP contribution in [-0.2, 0) is 24.3 Å². The summed E-state index contributed by atoms with van der Waals surface area (Å²) in [6.07, 6.45) is 1.46. The Morgan fingerprint density at radius 1 is 1.14 bits per heavy atom. The second-order valence-corrected chi connectivity index (χ2v) is 8.23. The SMILES string of the molecule is CC(C)[C@@H](NS(=O)(=O)c1ccccc1)C(=O)OCC(=O)Nc1cccnc1Cl. The van der Waals surface area contributed by atoms with Crippen molar-refractivity contribution in [1.29, 1.82) is 0 Å². The van der Waals surface area contributed by atoms with Crippen molar-refractivity contribution in [3.05, 3.63) is 53.8 Å². The summed E-state index contributed by atoms with van der Waals surface area (Å²) in [6.45, 7) is 2.73. The van der Waals surface area contributed by atoms with Crippen LogP contribution in [0.25, 0.3) is 0 Å². The van der Waals surface area contributed by atoms with E-state index in [9.17, 15) is 18.0 Å². The van der Waals surface area contributed by atoms with Gasteiger partial charge >= 0.3 is 5.97 Å². The number of halogens is 1. The van der Waals surface area contributed by atoms with E-state index < -0.39 is 40.5 Å². The normalized spacial score (nSPS) is 12.4. The lowest BCUT2D eigenvalue weighted by molar-refractivity contribution is -0.150. The van der Waals surface area contributed by atoms with Crippen LogP contribution in [0.15, 0.2) is 53.6 Å². The minimum Gasteiger partial charge on any atom is -0.454 e. The van der Waals surface area contributed by atoms with Crippen molar-refractivity contribution < 1.29 is 22.7 Å². The van der Waals surface area contributed by atoms with E-state index in [2.05, 4.69) is 15.0 Å². The summed E-state index contributed by atoms with van der Waals surface area (Å²) in [6, 6.07) is 9.63. The summed E-state index contributed by atoms with van der Waals surface area (Å²) in [5, 5.41) is 2.55. The first-order valence-electron chi connectivity index (χ1n) is 8.35. The van der Waals surface area contributed by atoms with Gasteiger partial charge in [-0.05, 0) is 30.2 Å². The number of ether oxygens (including phenoxy) is 1. The highest BCUT2D eigenvalue weighted by atomic mass is 35.5. The summed E-state index contributed by atoms with van der Waals surface area (Å²) in [5.74, 6) is -1.89. The highest BCUT2D eigenvalue weighted by Crippen LogP contribution is 2.17. The van der Waals surface area contributed by atoms with Crippen molar-refractivity contribution in [2.75, 3.05) is 11.9 Å². The molecule has 150 valence electrons. The van der Waals surface area contributed by atoms with Crippen LogP contribution in [0.2, 0.25) is 5.15 Å². The highest BCUT2D eigenvalue weighted by molar-refractivity contribution is 7.89. The molecule has 1 amide bonds. The molecule has 0 unspecified atom stereocenters. The molecule has 1 aromatic carbocycles. The molecule has 0 bridgehead atoms. The molecule has 0 saturated carbocycles. The van der Waals surface area contributed by atoms with Crippen LogP contribution in [0.1, 0.15) is 13.8 Å². The van der Waals surface area contributed by atoms with Gasteiger partial charge in [-0.15, -0.1) is 0 Å². The Hall–Kier alpha value is -2.49. The fourth-order valence-electron chi connectivity index (χ4n) is 2.18. The predicted molar refractivity (Wildman–Crippen MR) is 104 cm³/mol. The predicted octanol–water partition coefficient (Wildman–Crippen LogP) is 2.22. The lowest BCUT2D eigenvalue weighted by Gasteiger charge is -2.20. The zero-order valence-electron chi connectivity index (χ0n) is 15.3. The number of benzene rings is 1. The molecular formula is C18H20ClN3O5S. The standard InChI is InChI=1S/C18H20ClN3O5S/c1-12(2)16(22-28(25,26)13-7-4-3-5-8-13)18(24)27-11-15(23)21-14-9-6-10-20-17(14)19/h3-10,12,16,22H,11H2,1-2H3,(H,21,23)/t16-/m1/s1. The highest BCUT2D eigenvalue weighted by Gasteiger charge is 2.30. The first-order chi connectivity index (χ1) is 13.2. The number of nitrogens with zero attached hydrogens (tertiary/aromatic N) is 1. The molecule has 0 aliphatic carbocycles. The third-order valence-electron chi connectivity index (χ3n) is 3.63. The Labute approximate surface area is 168 Å². The summed E-state index contributed by atoms with van der Waals surface area (Å²) in [4.78, 5) is 28.1. The lowest BCUT2D eigenvalue weighted by atomic mass is 10.1. The number of nitrogens with one attached hydrogen (secondary N) is 2. The molecule has 0 spiro atoms. The average molecular weight is 426 g/mol. The Balaban J connectivity index is 1.99. The van der Waals surface area contributed by atoms with Crippen LogP contribution in [0.4, 0.5) is 5.69 Å². The molecule has 1 atom stereocenters. The van der Waals surface area contributed by atoms with Gasteiger partial charge in [-0.1, -0.05) is 43.6 Å². The van der Waals surface area contributed by atoms with Crippen LogP contribution in [-0.4, -0.2) is 37.9 Å². The fourth-order valence-corrected chi connectivity index (χ4v) is 3.70. The zero-order valence-corrected chi connectivity index (χ0v) is 16.8. The van der Waals surface area contributed by atoms with E-state index in [4.69, 9.17) is 16.3 Å². The molecule has 0 radical (unpaired) electrons. The van der Waals surface area contributed by atoms with Gasteiger partial charge in [0.05, 0.1) is 10.6 Å². The number of carbonyl (C=O) groups is 2. The third-order valence-corrected chi connectivity index (χ3v) is 5.39. The molecule has 1 aromatic heterocycles. The number of carbonyl (C=O) groups excluding carboxylic acids is 2. The minimum absolute atomic E-state index is 0.0254.